The first kappa shape index (κ1) is 45.7. The molecule has 9 rings (SSSR count). The molecular formula is C48H44HfN8O6-2. The van der Waals surface area contributed by atoms with Crippen LogP contribution in [0.4, 0.5) is 0 Å². The van der Waals surface area contributed by atoms with E-state index in [2.05, 4.69) is 9.47 Å². The maximum absolute atomic E-state index is 10.7. The summed E-state index contributed by atoms with van der Waals surface area (Å²) in [5.74, 6) is 1.44. The van der Waals surface area contributed by atoms with Crippen LogP contribution in [-0.4, -0.2) is 65.3 Å². The second kappa shape index (κ2) is 21.3. The number of nitrogens with zero attached hydrogens (tertiary/aromatic N) is 8. The maximum Gasteiger partial charge on any atom is 0.334 e. The monoisotopic (exact) mass is 1010 g/mol. The Morgan fingerprint density at radius 3 is 1.00 bits per heavy atom. The predicted octanol–water partition coefficient (Wildman–Crippen LogP) is 9.71. The second-order valence-corrected chi connectivity index (χ2v) is 13.9. The normalized spacial score (nSPS) is 11.6. The van der Waals surface area contributed by atoms with Gasteiger partial charge in [0.2, 0.25) is 0 Å². The first-order valence-corrected chi connectivity index (χ1v) is 20.4. The van der Waals surface area contributed by atoms with Gasteiger partial charge in [-0.05, 0) is 48.2 Å². The van der Waals surface area contributed by atoms with Crippen molar-refractivity contribution in [2.75, 3.05) is 13.2 Å². The van der Waals surface area contributed by atoms with Crippen molar-refractivity contribution in [3.8, 4) is 45.6 Å². The average molecular weight is 1010 g/mol. The number of rotatable bonds is 8. The first-order chi connectivity index (χ1) is 30.2. The van der Waals surface area contributed by atoms with Gasteiger partial charge in [-0.25, -0.2) is 19.6 Å². The van der Waals surface area contributed by atoms with E-state index >= 15 is 0 Å². The zero-order chi connectivity index (χ0) is 43.6. The Morgan fingerprint density at radius 2 is 0.746 bits per heavy atom. The summed E-state index contributed by atoms with van der Waals surface area (Å²) in [4.78, 5) is 60.6. The number of carbonyl (C=O) groups excluding carboxylic acids is 2. The molecule has 0 unspecified atom stereocenters. The van der Waals surface area contributed by atoms with Gasteiger partial charge in [-0.2, -0.15) is 0 Å². The molecule has 0 saturated heterocycles. The Bertz CT molecular complexity index is 2660. The summed E-state index contributed by atoms with van der Waals surface area (Å²) in [7, 11) is 0. The molecule has 0 amide bonds. The van der Waals surface area contributed by atoms with E-state index in [1.54, 1.807) is 13.8 Å². The van der Waals surface area contributed by atoms with E-state index in [1.807, 2.05) is 111 Å². The summed E-state index contributed by atoms with van der Waals surface area (Å²) in [5.41, 5.74) is 5.78. The number of carbonyl (C=O) groups is 2. The third kappa shape index (κ3) is 10.6. The summed E-state index contributed by atoms with van der Waals surface area (Å²) in [5, 5.41) is 21.6. The SMILES string of the molecule is CCCC(O)=CC(=O)OCC.CCCC(O)=CC(=O)OCC.[Hf].c1ccc2c(c1)-c1nc-2nc2[n-]c(nc3nc(nc4[n-]c(n1)c1ccccc41)-c1ccccc1-3)c1ccccc21. The number of ether oxygens (including phenoxy) is 2. The molecule has 0 radical (unpaired) electrons. The second-order valence-electron chi connectivity index (χ2n) is 13.9. The van der Waals surface area contributed by atoms with Crippen LogP contribution in [0.2, 0.25) is 0 Å². The Kier molecular flexibility index (Phi) is 15.4. The van der Waals surface area contributed by atoms with Gasteiger partial charge in [-0.3, -0.25) is 0 Å². The van der Waals surface area contributed by atoms with E-state index in [0.717, 1.165) is 68.8 Å². The minimum absolute atomic E-state index is 0. The molecule has 0 aliphatic carbocycles. The third-order valence-electron chi connectivity index (χ3n) is 9.48. The van der Waals surface area contributed by atoms with E-state index in [1.165, 1.54) is 0 Å². The van der Waals surface area contributed by atoms with Crippen molar-refractivity contribution in [3.63, 3.8) is 0 Å². The summed E-state index contributed by atoms with van der Waals surface area (Å²) in [6, 6.07) is 31.8. The molecule has 0 spiro atoms. The molecule has 0 atom stereocenters. The number of aliphatic hydroxyl groups is 2. The average Bonchev–Trinajstić information content (AvgIpc) is 4.00. The Morgan fingerprint density at radius 1 is 0.476 bits per heavy atom. The quantitative estimate of drug-likeness (QED) is 0.0631. The Labute approximate surface area is 382 Å². The molecule has 0 fully saturated rings. The van der Waals surface area contributed by atoms with Crippen molar-refractivity contribution >= 4 is 56.1 Å². The van der Waals surface area contributed by atoms with Gasteiger partial charge in [0.25, 0.3) is 0 Å². The van der Waals surface area contributed by atoms with Crippen molar-refractivity contribution in [2.45, 2.75) is 53.4 Å². The van der Waals surface area contributed by atoms with Crippen molar-refractivity contribution in [2.24, 2.45) is 0 Å². The molecular weight excluding hydrogens is 963 g/mol. The van der Waals surface area contributed by atoms with Crippen LogP contribution in [0, 0.1) is 0 Å². The number of esters is 2. The molecule has 0 saturated carbocycles. The molecule has 4 aromatic carbocycles. The number of hydrogen-bond acceptors (Lipinski definition) is 12. The summed E-state index contributed by atoms with van der Waals surface area (Å²) in [6.45, 7) is 7.99. The number of hydrogen-bond donors (Lipinski definition) is 2. The van der Waals surface area contributed by atoms with Gasteiger partial charge in [0.1, 0.15) is 0 Å². The van der Waals surface area contributed by atoms with Crippen LogP contribution in [0.3, 0.4) is 0 Å². The Hall–Kier alpha value is -6.87. The largest absolute Gasteiger partial charge is 0.512 e. The van der Waals surface area contributed by atoms with E-state index in [4.69, 9.17) is 50.1 Å². The van der Waals surface area contributed by atoms with Gasteiger partial charge >= 0.3 is 11.9 Å². The van der Waals surface area contributed by atoms with Crippen molar-refractivity contribution in [1.29, 1.82) is 0 Å². The molecule has 3 aromatic heterocycles. The minimum Gasteiger partial charge on any atom is -0.512 e. The molecule has 8 bridgehead atoms. The van der Waals surface area contributed by atoms with Crippen LogP contribution < -0.4 is 9.97 Å². The molecule has 318 valence electrons. The van der Waals surface area contributed by atoms with E-state index in [9.17, 15) is 9.59 Å². The molecule has 14 nitrogen and oxygen atoms in total. The standard InChI is InChI=1S/C32H16N8.2C8H14O3.Hf/c1-2-10-18-17(9-1)25-33-26(18)38-28-21-13-5-6-14-22(21)30(35-28)40-32-24-16-8-7-15-23(24)31(36-32)39-29-20-12-4-3-11-19(20)27(34-29)37-25;2*1-3-5-7(9)6-8(10)11-4-2;/h1-16H;2*6,9H,3-5H2,1-2H3;/q-2;;;. The van der Waals surface area contributed by atoms with Crippen LogP contribution >= 0.6 is 0 Å². The van der Waals surface area contributed by atoms with E-state index in [0.29, 0.717) is 71.9 Å². The molecule has 63 heavy (non-hydrogen) atoms. The zero-order valence-electron chi connectivity index (χ0n) is 35.2. The molecule has 2 aliphatic rings. The van der Waals surface area contributed by atoms with Crippen molar-refractivity contribution < 1.29 is 55.1 Å². The third-order valence-corrected chi connectivity index (χ3v) is 9.48. The van der Waals surface area contributed by atoms with Gasteiger partial charge in [0.15, 0.2) is 0 Å². The van der Waals surface area contributed by atoms with Gasteiger partial charge < -0.3 is 49.6 Å². The molecule has 7 aromatic rings. The molecule has 2 aliphatic heterocycles. The fraction of sp³-hybridized carbons (Fsp3) is 0.208. The van der Waals surface area contributed by atoms with Gasteiger partial charge in [-0.15, -0.1) is 0 Å². The number of aliphatic hydroxyl groups excluding tert-OH is 2. The fourth-order valence-corrected chi connectivity index (χ4v) is 6.76. The van der Waals surface area contributed by atoms with Gasteiger partial charge in [-0.1, -0.05) is 111 Å². The van der Waals surface area contributed by atoms with Gasteiger partial charge in [0.05, 0.1) is 60.2 Å². The maximum atomic E-state index is 10.7. The molecule has 15 heteroatoms. The topological polar surface area (TPSA) is 199 Å². The number of aromatic nitrogens is 8. The van der Waals surface area contributed by atoms with Crippen molar-refractivity contribution in [1.82, 2.24) is 39.9 Å². The number of allylic oxidation sites excluding steroid dienone is 2. The van der Waals surface area contributed by atoms with Crippen LogP contribution in [0.15, 0.2) is 121 Å². The zero-order valence-corrected chi connectivity index (χ0v) is 38.8. The van der Waals surface area contributed by atoms with Crippen molar-refractivity contribution in [3.05, 3.63) is 121 Å². The fourth-order valence-electron chi connectivity index (χ4n) is 6.76. The van der Waals surface area contributed by atoms with Crippen LogP contribution in [-0.2, 0) is 44.9 Å². The van der Waals surface area contributed by atoms with Crippen LogP contribution in [0.1, 0.15) is 53.4 Å². The minimum atomic E-state index is -0.474. The van der Waals surface area contributed by atoms with E-state index < -0.39 is 11.9 Å². The summed E-state index contributed by atoms with van der Waals surface area (Å²) in [6.07, 6.45) is 4.93. The predicted molar refractivity (Wildman–Crippen MR) is 238 cm³/mol. The number of benzene rings is 4. The first-order valence-electron chi connectivity index (χ1n) is 20.4. The van der Waals surface area contributed by atoms with Crippen LogP contribution in [0.5, 0.6) is 0 Å². The van der Waals surface area contributed by atoms with E-state index in [-0.39, 0.29) is 37.4 Å². The summed E-state index contributed by atoms with van der Waals surface area (Å²) < 4.78 is 9.17. The smallest absolute Gasteiger partial charge is 0.334 e. The molecule has 5 heterocycles. The molecule has 2 N–H and O–H groups in total. The van der Waals surface area contributed by atoms with Gasteiger partial charge in [0, 0.05) is 83.5 Å². The Balaban J connectivity index is 0.000000240. The van der Waals surface area contributed by atoms with Crippen LogP contribution in [0.25, 0.3) is 89.7 Å². The number of fused-ring (bicyclic) bond motifs is 20. The summed E-state index contributed by atoms with van der Waals surface area (Å²) >= 11 is 0.